The van der Waals surface area contributed by atoms with Crippen molar-refractivity contribution in [1.29, 1.82) is 0 Å². The fourth-order valence-corrected chi connectivity index (χ4v) is 3.35. The summed E-state index contributed by atoms with van der Waals surface area (Å²) in [5.41, 5.74) is 2.95. The summed E-state index contributed by atoms with van der Waals surface area (Å²) in [5, 5.41) is 0. The van der Waals surface area contributed by atoms with Crippen molar-refractivity contribution in [3.63, 3.8) is 0 Å². The molecule has 0 saturated carbocycles. The van der Waals surface area contributed by atoms with E-state index >= 15 is 0 Å². The fraction of sp³-hybridized carbons (Fsp3) is 0.350. The monoisotopic (exact) mass is 341 g/mol. The fourth-order valence-electron chi connectivity index (χ4n) is 3.35. The topological polar surface area (TPSA) is 43.2 Å². The number of anilines is 1. The third-order valence-corrected chi connectivity index (χ3v) is 4.70. The van der Waals surface area contributed by atoms with Crippen LogP contribution in [0.2, 0.25) is 0 Å². The van der Waals surface area contributed by atoms with Gasteiger partial charge in [-0.1, -0.05) is 24.3 Å². The largest absolute Gasteiger partial charge is 0.495 e. The van der Waals surface area contributed by atoms with E-state index in [1.165, 1.54) is 17.6 Å². The number of nitrogens with zero attached hydrogens (tertiary/aromatic N) is 1. The van der Waals surface area contributed by atoms with Gasteiger partial charge in [0.1, 0.15) is 12.3 Å². The van der Waals surface area contributed by atoms with Crippen molar-refractivity contribution in [3.8, 4) is 5.75 Å². The number of benzene rings is 2. The van der Waals surface area contributed by atoms with Gasteiger partial charge in [0.25, 0.3) is 0 Å². The Hall–Kier alpha value is -2.53. The second kappa shape index (κ2) is 8.03. The average molecular weight is 341 g/mol. The lowest BCUT2D eigenvalue weighted by Crippen LogP contribution is -3.13. The smallest absolute Gasteiger partial charge is 0.337 e. The number of methoxy groups -OCH3 is 2. The number of nitrogens with one attached hydrogen (secondary N) is 1. The molecule has 132 valence electrons. The van der Waals surface area contributed by atoms with Crippen LogP contribution in [0.1, 0.15) is 15.9 Å². The Morgan fingerprint density at radius 1 is 1.08 bits per heavy atom. The van der Waals surface area contributed by atoms with Gasteiger partial charge in [-0.15, -0.1) is 0 Å². The first-order valence-corrected chi connectivity index (χ1v) is 8.60. The molecule has 0 unspecified atom stereocenters. The van der Waals surface area contributed by atoms with Crippen LogP contribution in [0.5, 0.6) is 5.75 Å². The zero-order valence-electron chi connectivity index (χ0n) is 14.8. The maximum atomic E-state index is 11.7. The summed E-state index contributed by atoms with van der Waals surface area (Å²) in [5.74, 6) is 0.648. The van der Waals surface area contributed by atoms with Gasteiger partial charge < -0.3 is 19.3 Å². The summed E-state index contributed by atoms with van der Waals surface area (Å²) < 4.78 is 10.3. The summed E-state index contributed by atoms with van der Waals surface area (Å²) in [6, 6.07) is 15.9. The summed E-state index contributed by atoms with van der Waals surface area (Å²) in [7, 11) is 3.13. The SMILES string of the molecule is COC(=O)c1cccc(C[NH+]2CCN(c3ccccc3OC)CC2)c1. The molecule has 1 fully saturated rings. The molecule has 0 atom stereocenters. The molecule has 1 saturated heterocycles. The zero-order valence-corrected chi connectivity index (χ0v) is 14.8. The summed E-state index contributed by atoms with van der Waals surface area (Å²) in [6.07, 6.45) is 0. The van der Waals surface area contributed by atoms with Crippen molar-refractivity contribution in [3.05, 3.63) is 59.7 Å². The van der Waals surface area contributed by atoms with E-state index in [4.69, 9.17) is 9.47 Å². The summed E-state index contributed by atoms with van der Waals surface area (Å²) in [6.45, 7) is 5.02. The van der Waals surface area contributed by atoms with Gasteiger partial charge in [0.05, 0.1) is 51.6 Å². The lowest BCUT2D eigenvalue weighted by atomic mass is 10.1. The molecule has 25 heavy (non-hydrogen) atoms. The number of quaternary nitrogens is 1. The quantitative estimate of drug-likeness (QED) is 0.835. The average Bonchev–Trinajstić information content (AvgIpc) is 2.68. The summed E-state index contributed by atoms with van der Waals surface area (Å²) >= 11 is 0. The van der Waals surface area contributed by atoms with Gasteiger partial charge in [0.2, 0.25) is 0 Å². The molecule has 5 nitrogen and oxygen atoms in total. The van der Waals surface area contributed by atoms with Crippen LogP contribution in [0.3, 0.4) is 0 Å². The number of ether oxygens (including phenoxy) is 2. The van der Waals surface area contributed by atoms with Crippen molar-refractivity contribution >= 4 is 11.7 Å². The summed E-state index contributed by atoms with van der Waals surface area (Å²) in [4.78, 5) is 15.6. The molecular weight excluding hydrogens is 316 g/mol. The van der Waals surface area contributed by atoms with Gasteiger partial charge in [-0.2, -0.15) is 0 Å². The van der Waals surface area contributed by atoms with Gasteiger partial charge >= 0.3 is 5.97 Å². The number of carbonyl (C=O) groups is 1. The second-order valence-corrected chi connectivity index (χ2v) is 6.28. The number of carbonyl (C=O) groups excluding carboxylic acids is 1. The molecule has 0 amide bonds. The van der Waals surface area contributed by atoms with Crippen LogP contribution in [0.25, 0.3) is 0 Å². The lowest BCUT2D eigenvalue weighted by Gasteiger charge is -2.34. The van der Waals surface area contributed by atoms with Crippen LogP contribution >= 0.6 is 0 Å². The molecule has 0 spiro atoms. The molecular formula is C20H25N2O3+. The van der Waals surface area contributed by atoms with Crippen molar-refractivity contribution in [2.45, 2.75) is 6.54 Å². The first-order valence-electron chi connectivity index (χ1n) is 8.60. The van der Waals surface area contributed by atoms with E-state index in [1.54, 1.807) is 13.2 Å². The lowest BCUT2D eigenvalue weighted by molar-refractivity contribution is -0.914. The number of hydrogen-bond donors (Lipinski definition) is 1. The van der Waals surface area contributed by atoms with Crippen LogP contribution in [-0.2, 0) is 11.3 Å². The normalized spacial score (nSPS) is 15.0. The van der Waals surface area contributed by atoms with Crippen LogP contribution in [0, 0.1) is 0 Å². The van der Waals surface area contributed by atoms with Gasteiger partial charge in [-0.3, -0.25) is 0 Å². The Bertz CT molecular complexity index is 724. The highest BCUT2D eigenvalue weighted by Crippen LogP contribution is 2.27. The molecule has 0 aliphatic carbocycles. The highest BCUT2D eigenvalue weighted by Gasteiger charge is 2.22. The molecule has 1 aliphatic rings. The third-order valence-electron chi connectivity index (χ3n) is 4.70. The Morgan fingerprint density at radius 3 is 2.56 bits per heavy atom. The molecule has 5 heteroatoms. The molecule has 0 bridgehead atoms. The van der Waals surface area contributed by atoms with E-state index < -0.39 is 0 Å². The van der Waals surface area contributed by atoms with Crippen molar-refractivity contribution < 1.29 is 19.2 Å². The minimum atomic E-state index is -0.280. The molecule has 2 aromatic rings. The number of rotatable bonds is 5. The minimum Gasteiger partial charge on any atom is -0.495 e. The number of piperazine rings is 1. The Labute approximate surface area is 148 Å². The van der Waals surface area contributed by atoms with Crippen LogP contribution in [0.15, 0.2) is 48.5 Å². The molecule has 1 heterocycles. The Kier molecular flexibility index (Phi) is 5.56. The van der Waals surface area contributed by atoms with Crippen molar-refractivity contribution in [1.82, 2.24) is 0 Å². The van der Waals surface area contributed by atoms with Gasteiger partial charge in [0.15, 0.2) is 0 Å². The van der Waals surface area contributed by atoms with E-state index in [0.717, 1.165) is 44.2 Å². The van der Waals surface area contributed by atoms with Crippen molar-refractivity contribution in [2.24, 2.45) is 0 Å². The van der Waals surface area contributed by atoms with E-state index in [1.807, 2.05) is 24.3 Å². The molecule has 3 rings (SSSR count). The first-order chi connectivity index (χ1) is 12.2. The third kappa shape index (κ3) is 4.12. The van der Waals surface area contributed by atoms with E-state index in [9.17, 15) is 4.79 Å². The molecule has 2 aromatic carbocycles. The van der Waals surface area contributed by atoms with Crippen molar-refractivity contribution in [2.75, 3.05) is 45.3 Å². The highest BCUT2D eigenvalue weighted by molar-refractivity contribution is 5.89. The Morgan fingerprint density at radius 2 is 1.84 bits per heavy atom. The van der Waals surface area contributed by atoms with Crippen LogP contribution < -0.4 is 14.5 Å². The predicted molar refractivity (Wildman–Crippen MR) is 97.4 cm³/mol. The van der Waals surface area contributed by atoms with Gasteiger partial charge in [-0.05, 0) is 24.3 Å². The maximum Gasteiger partial charge on any atom is 0.337 e. The van der Waals surface area contributed by atoms with E-state index in [0.29, 0.717) is 5.56 Å². The molecule has 0 radical (unpaired) electrons. The zero-order chi connectivity index (χ0) is 17.6. The Balaban J connectivity index is 1.60. The minimum absolute atomic E-state index is 0.280. The molecule has 1 aliphatic heterocycles. The van der Waals surface area contributed by atoms with Gasteiger partial charge in [-0.25, -0.2) is 4.79 Å². The standard InChI is InChI=1S/C20H24N2O3/c1-24-19-9-4-3-8-18(19)22-12-10-21(11-13-22)15-16-6-5-7-17(14-16)20(23)25-2/h3-9,14H,10-13,15H2,1-2H3/p+1. The van der Waals surface area contributed by atoms with Crippen LogP contribution in [0.4, 0.5) is 5.69 Å². The number of esters is 1. The molecule has 0 aromatic heterocycles. The van der Waals surface area contributed by atoms with E-state index in [-0.39, 0.29) is 5.97 Å². The number of hydrogen-bond acceptors (Lipinski definition) is 4. The first kappa shape index (κ1) is 17.3. The number of para-hydroxylation sites is 2. The van der Waals surface area contributed by atoms with Crippen LogP contribution in [-0.4, -0.2) is 46.4 Å². The predicted octanol–water partition coefficient (Wildman–Crippen LogP) is 1.39. The highest BCUT2D eigenvalue weighted by atomic mass is 16.5. The molecule has 1 N–H and O–H groups in total. The second-order valence-electron chi connectivity index (χ2n) is 6.28. The van der Waals surface area contributed by atoms with E-state index in [2.05, 4.69) is 23.1 Å². The maximum absolute atomic E-state index is 11.7. The van der Waals surface area contributed by atoms with Gasteiger partial charge in [0, 0.05) is 5.56 Å².